The van der Waals surface area contributed by atoms with Gasteiger partial charge in [0.2, 0.25) is 0 Å². The van der Waals surface area contributed by atoms with Crippen LogP contribution < -0.4 is 10.0 Å². The molecular weight excluding hydrogens is 252 g/mol. The van der Waals surface area contributed by atoms with Crippen LogP contribution in [0.2, 0.25) is 0 Å². The van der Waals surface area contributed by atoms with E-state index < -0.39 is 10.0 Å². The maximum Gasteiger partial charge on any atom is 0.257 e. The van der Waals surface area contributed by atoms with E-state index in [-0.39, 0.29) is 5.03 Å². The zero-order chi connectivity index (χ0) is 13.0. The van der Waals surface area contributed by atoms with Gasteiger partial charge >= 0.3 is 0 Å². The van der Waals surface area contributed by atoms with Crippen molar-refractivity contribution in [3.8, 4) is 0 Å². The summed E-state index contributed by atoms with van der Waals surface area (Å²) in [7, 11) is -3.44. The van der Waals surface area contributed by atoms with E-state index >= 15 is 0 Å². The van der Waals surface area contributed by atoms with Crippen LogP contribution >= 0.6 is 0 Å². The summed E-state index contributed by atoms with van der Waals surface area (Å²) >= 11 is 0. The molecule has 1 fully saturated rings. The minimum atomic E-state index is -3.44. The van der Waals surface area contributed by atoms with Crippen LogP contribution in [-0.4, -0.2) is 37.5 Å². The highest BCUT2D eigenvalue weighted by Crippen LogP contribution is 2.10. The number of hydrogen-bond donors (Lipinski definition) is 3. The summed E-state index contributed by atoms with van der Waals surface area (Å²) < 4.78 is 26.4. The van der Waals surface area contributed by atoms with Gasteiger partial charge in [-0.2, -0.15) is 0 Å². The smallest absolute Gasteiger partial charge is 0.257 e. The number of aryl methyl sites for hydroxylation is 1. The first kappa shape index (κ1) is 13.5. The SMILES string of the molecule is Cc1ncc(S(=O)(=O)NCCC2CCCCN2)[nH]1. The highest BCUT2D eigenvalue weighted by molar-refractivity contribution is 7.89. The molecule has 2 rings (SSSR count). The predicted molar refractivity (Wildman–Crippen MR) is 68.8 cm³/mol. The number of nitrogens with one attached hydrogen (secondary N) is 3. The van der Waals surface area contributed by atoms with E-state index in [0.29, 0.717) is 18.4 Å². The number of nitrogens with zero attached hydrogens (tertiary/aromatic N) is 1. The van der Waals surface area contributed by atoms with Crippen molar-refractivity contribution in [3.05, 3.63) is 12.0 Å². The van der Waals surface area contributed by atoms with Crippen molar-refractivity contribution in [2.24, 2.45) is 0 Å². The van der Waals surface area contributed by atoms with Gasteiger partial charge in [-0.15, -0.1) is 0 Å². The van der Waals surface area contributed by atoms with Crippen LogP contribution in [0.25, 0.3) is 0 Å². The van der Waals surface area contributed by atoms with Crippen LogP contribution in [-0.2, 0) is 10.0 Å². The van der Waals surface area contributed by atoms with Gasteiger partial charge in [-0.25, -0.2) is 18.1 Å². The number of imidazole rings is 1. The Labute approximate surface area is 108 Å². The number of piperidine rings is 1. The summed E-state index contributed by atoms with van der Waals surface area (Å²) in [6.07, 6.45) is 5.74. The lowest BCUT2D eigenvalue weighted by atomic mass is 10.0. The second kappa shape index (κ2) is 5.81. The number of aromatic nitrogens is 2. The molecule has 102 valence electrons. The van der Waals surface area contributed by atoms with Crippen LogP contribution in [0, 0.1) is 6.92 Å². The highest BCUT2D eigenvalue weighted by Gasteiger charge is 2.17. The van der Waals surface area contributed by atoms with E-state index in [1.807, 2.05) is 0 Å². The van der Waals surface area contributed by atoms with Crippen molar-refractivity contribution < 1.29 is 8.42 Å². The fourth-order valence-corrected chi connectivity index (χ4v) is 3.17. The molecular formula is C11H20N4O2S. The second-order valence-corrected chi connectivity index (χ2v) is 6.40. The molecule has 2 heterocycles. The van der Waals surface area contributed by atoms with Crippen LogP contribution in [0.15, 0.2) is 11.2 Å². The number of sulfonamides is 1. The van der Waals surface area contributed by atoms with Crippen LogP contribution in [0.3, 0.4) is 0 Å². The van der Waals surface area contributed by atoms with E-state index in [1.54, 1.807) is 6.92 Å². The molecule has 0 spiro atoms. The maximum atomic E-state index is 11.9. The molecule has 18 heavy (non-hydrogen) atoms. The summed E-state index contributed by atoms with van der Waals surface area (Å²) in [5.74, 6) is 0.601. The average Bonchev–Trinajstić information content (AvgIpc) is 2.78. The molecule has 1 aliphatic heterocycles. The maximum absolute atomic E-state index is 11.9. The van der Waals surface area contributed by atoms with Crippen LogP contribution in [0.1, 0.15) is 31.5 Å². The summed E-state index contributed by atoms with van der Waals surface area (Å²) in [6.45, 7) is 3.22. The molecule has 1 aromatic heterocycles. The van der Waals surface area contributed by atoms with Gasteiger partial charge in [-0.05, 0) is 32.7 Å². The Morgan fingerprint density at radius 2 is 2.33 bits per heavy atom. The lowest BCUT2D eigenvalue weighted by Gasteiger charge is -2.23. The van der Waals surface area contributed by atoms with Gasteiger partial charge in [0, 0.05) is 12.6 Å². The zero-order valence-electron chi connectivity index (χ0n) is 10.6. The Balaban J connectivity index is 1.82. The highest BCUT2D eigenvalue weighted by atomic mass is 32.2. The summed E-state index contributed by atoms with van der Waals surface area (Å²) in [6, 6.07) is 0.435. The quantitative estimate of drug-likeness (QED) is 0.729. The molecule has 1 atom stereocenters. The average molecular weight is 272 g/mol. The molecule has 1 aliphatic rings. The van der Waals surface area contributed by atoms with Gasteiger partial charge in [0.1, 0.15) is 5.82 Å². The molecule has 0 aromatic carbocycles. The Morgan fingerprint density at radius 3 is 2.94 bits per heavy atom. The Kier molecular flexibility index (Phi) is 4.36. The second-order valence-electron chi connectivity index (χ2n) is 4.67. The molecule has 1 saturated heterocycles. The van der Waals surface area contributed by atoms with E-state index in [0.717, 1.165) is 19.4 Å². The monoisotopic (exact) mass is 272 g/mol. The van der Waals surface area contributed by atoms with Crippen molar-refractivity contribution in [2.45, 2.75) is 43.7 Å². The van der Waals surface area contributed by atoms with Gasteiger partial charge in [-0.3, -0.25) is 0 Å². The molecule has 0 aliphatic carbocycles. The fourth-order valence-electron chi connectivity index (χ4n) is 2.15. The topological polar surface area (TPSA) is 86.9 Å². The third-order valence-electron chi connectivity index (χ3n) is 3.17. The molecule has 1 unspecified atom stereocenters. The molecule has 1 aromatic rings. The van der Waals surface area contributed by atoms with Crippen molar-refractivity contribution >= 4 is 10.0 Å². The summed E-state index contributed by atoms with van der Waals surface area (Å²) in [4.78, 5) is 6.62. The summed E-state index contributed by atoms with van der Waals surface area (Å²) in [5.41, 5.74) is 0. The molecule has 3 N–H and O–H groups in total. The number of rotatable bonds is 5. The molecule has 0 amide bonds. The van der Waals surface area contributed by atoms with Crippen LogP contribution in [0.5, 0.6) is 0 Å². The lowest BCUT2D eigenvalue weighted by molar-refractivity contribution is 0.382. The Morgan fingerprint density at radius 1 is 1.50 bits per heavy atom. The number of H-pyrrole nitrogens is 1. The normalized spacial score (nSPS) is 21.1. The van der Waals surface area contributed by atoms with Crippen molar-refractivity contribution in [1.82, 2.24) is 20.0 Å². The Bertz CT molecular complexity index is 477. The lowest BCUT2D eigenvalue weighted by Crippen LogP contribution is -2.37. The first-order valence-corrected chi connectivity index (χ1v) is 7.81. The van der Waals surface area contributed by atoms with Crippen molar-refractivity contribution in [3.63, 3.8) is 0 Å². The van der Waals surface area contributed by atoms with Gasteiger partial charge in [0.15, 0.2) is 5.03 Å². The first-order chi connectivity index (χ1) is 8.58. The third-order valence-corrected chi connectivity index (χ3v) is 4.54. The van der Waals surface area contributed by atoms with Gasteiger partial charge in [0.05, 0.1) is 6.20 Å². The molecule has 6 nitrogen and oxygen atoms in total. The van der Waals surface area contributed by atoms with E-state index in [4.69, 9.17) is 0 Å². The minimum absolute atomic E-state index is 0.136. The van der Waals surface area contributed by atoms with E-state index in [2.05, 4.69) is 20.0 Å². The Hall–Kier alpha value is -0.920. The number of aromatic amines is 1. The van der Waals surface area contributed by atoms with Gasteiger partial charge < -0.3 is 10.3 Å². The standard InChI is InChI=1S/C11H20N4O2S/c1-9-13-8-11(15-9)18(16,17)14-7-5-10-4-2-3-6-12-10/h8,10,12,14H,2-7H2,1H3,(H,13,15). The molecule has 0 bridgehead atoms. The van der Waals surface area contributed by atoms with Gasteiger partial charge in [-0.1, -0.05) is 6.42 Å². The minimum Gasteiger partial charge on any atom is -0.332 e. The third kappa shape index (κ3) is 3.54. The number of hydrogen-bond acceptors (Lipinski definition) is 4. The van der Waals surface area contributed by atoms with Gasteiger partial charge in [0.25, 0.3) is 10.0 Å². The zero-order valence-corrected chi connectivity index (χ0v) is 11.4. The molecule has 0 radical (unpaired) electrons. The van der Waals surface area contributed by atoms with E-state index in [1.165, 1.54) is 19.0 Å². The molecule has 7 heteroatoms. The molecule has 0 saturated carbocycles. The van der Waals surface area contributed by atoms with Crippen molar-refractivity contribution in [1.29, 1.82) is 0 Å². The van der Waals surface area contributed by atoms with Crippen LogP contribution in [0.4, 0.5) is 0 Å². The van der Waals surface area contributed by atoms with E-state index in [9.17, 15) is 8.42 Å². The predicted octanol–water partition coefficient (Wildman–Crippen LogP) is 0.529. The summed E-state index contributed by atoms with van der Waals surface area (Å²) in [5, 5.41) is 3.53. The fraction of sp³-hybridized carbons (Fsp3) is 0.727. The first-order valence-electron chi connectivity index (χ1n) is 6.32. The van der Waals surface area contributed by atoms with Crippen molar-refractivity contribution in [2.75, 3.05) is 13.1 Å². The largest absolute Gasteiger partial charge is 0.332 e.